The van der Waals surface area contributed by atoms with Gasteiger partial charge in [0, 0.05) is 11.3 Å². The average Bonchev–Trinajstić information content (AvgIpc) is 3.19. The molecule has 0 aromatic heterocycles. The molecule has 316 valence electrons. The third-order valence-electron chi connectivity index (χ3n) is 10.8. The highest BCUT2D eigenvalue weighted by Gasteiger charge is 2.27. The van der Waals surface area contributed by atoms with Gasteiger partial charge in [-0.25, -0.2) is 8.42 Å². The van der Waals surface area contributed by atoms with Crippen LogP contribution in [-0.4, -0.2) is 20.9 Å². The van der Waals surface area contributed by atoms with E-state index in [0.29, 0.717) is 34.1 Å². The Kier molecular flexibility index (Phi) is 18.7. The first-order valence-corrected chi connectivity index (χ1v) is 23.6. The van der Waals surface area contributed by atoms with Crippen molar-refractivity contribution >= 4 is 38.7 Å². The Balaban J connectivity index is 1.58. The van der Waals surface area contributed by atoms with Gasteiger partial charge in [0.1, 0.15) is 5.75 Å². The molecule has 0 fully saturated rings. The highest BCUT2D eigenvalue weighted by atomic mass is 32.2. The number of aryl methyl sites for hydroxylation is 1. The molecule has 4 aromatic carbocycles. The van der Waals surface area contributed by atoms with E-state index in [1.807, 2.05) is 88.4 Å². The number of anilines is 4. The van der Waals surface area contributed by atoms with Gasteiger partial charge in [-0.3, -0.25) is 9.52 Å². The molecule has 0 heterocycles. The Morgan fingerprint density at radius 3 is 1.72 bits per heavy atom. The molecular formula is C50H71N3O4S. The Morgan fingerprint density at radius 2 is 1.16 bits per heavy atom. The largest absolute Gasteiger partial charge is 0.494 e. The molecule has 58 heavy (non-hydrogen) atoms. The van der Waals surface area contributed by atoms with Gasteiger partial charge >= 0.3 is 0 Å². The fourth-order valence-corrected chi connectivity index (χ4v) is 8.96. The molecule has 8 heteroatoms. The fourth-order valence-electron chi connectivity index (χ4n) is 7.22. The van der Waals surface area contributed by atoms with Crippen molar-refractivity contribution in [2.75, 3.05) is 22.0 Å². The first-order valence-electron chi connectivity index (χ1n) is 22.1. The van der Waals surface area contributed by atoms with Gasteiger partial charge in [-0.2, -0.15) is 0 Å². The minimum absolute atomic E-state index is 0.00578. The number of nitrogens with one attached hydrogen (secondary N) is 3. The monoisotopic (exact) mass is 810 g/mol. The summed E-state index contributed by atoms with van der Waals surface area (Å²) in [5.41, 5.74) is 6.71. The number of sulfonamides is 1. The summed E-state index contributed by atoms with van der Waals surface area (Å²) in [5.74, 6) is 0.773. The second-order valence-electron chi connectivity index (χ2n) is 16.8. The molecule has 3 N–H and O–H groups in total. The lowest BCUT2D eigenvalue weighted by atomic mass is 9.89. The first-order chi connectivity index (χ1) is 27.8. The highest BCUT2D eigenvalue weighted by Crippen LogP contribution is 2.37. The second kappa shape index (κ2) is 23.3. The summed E-state index contributed by atoms with van der Waals surface area (Å²) >= 11 is 0. The molecule has 0 radical (unpaired) electrons. The van der Waals surface area contributed by atoms with Crippen molar-refractivity contribution in [2.45, 2.75) is 162 Å². The molecule has 0 aliphatic carbocycles. The SMILES string of the molecule is CCCCCCCCCCc1ccc(C(=O)Nc2cc(NS(=O)(=O)c3c(C(C)C)cc(C(C)C)cc3C(C)C)ccc2Nc2ccc(OCCCCCC)cc2)cc1. The second-order valence-corrected chi connectivity index (χ2v) is 18.4. The van der Waals surface area contributed by atoms with Crippen LogP contribution in [-0.2, 0) is 16.4 Å². The topological polar surface area (TPSA) is 96.5 Å². The molecule has 0 aliphatic rings. The third-order valence-corrected chi connectivity index (χ3v) is 12.3. The van der Waals surface area contributed by atoms with Gasteiger partial charge in [0.25, 0.3) is 15.9 Å². The van der Waals surface area contributed by atoms with Crippen LogP contribution in [0.3, 0.4) is 0 Å². The lowest BCUT2D eigenvalue weighted by Gasteiger charge is -2.23. The van der Waals surface area contributed by atoms with E-state index in [-0.39, 0.29) is 23.7 Å². The van der Waals surface area contributed by atoms with E-state index in [0.717, 1.165) is 53.8 Å². The standard InChI is InChI=1S/C50H71N3O4S/c1-9-11-13-15-16-17-18-19-21-39-22-24-40(25-23-39)50(54)52-48-35-43(28-31-47(48)51-42-26-29-44(30-27-42)57-32-20-14-12-10-2)53-58(55,56)49-45(37(5)6)33-41(36(3)4)34-46(49)38(7)8/h22-31,33-38,51,53H,9-21,32H2,1-8H3,(H,52,54). The minimum atomic E-state index is -4.01. The molecule has 0 atom stereocenters. The normalized spacial score (nSPS) is 11.7. The van der Waals surface area contributed by atoms with Crippen LogP contribution >= 0.6 is 0 Å². The van der Waals surface area contributed by atoms with Crippen molar-refractivity contribution in [3.8, 4) is 5.75 Å². The summed E-state index contributed by atoms with van der Waals surface area (Å²) in [5, 5.41) is 6.52. The molecular weight excluding hydrogens is 739 g/mol. The first kappa shape index (κ1) is 46.4. The van der Waals surface area contributed by atoms with Crippen molar-refractivity contribution < 1.29 is 17.9 Å². The van der Waals surface area contributed by atoms with Gasteiger partial charge in [0.2, 0.25) is 0 Å². The van der Waals surface area contributed by atoms with Crippen molar-refractivity contribution in [2.24, 2.45) is 0 Å². The molecule has 4 aromatic rings. The van der Waals surface area contributed by atoms with Crippen LogP contribution in [0.15, 0.2) is 83.8 Å². The van der Waals surface area contributed by atoms with Crippen molar-refractivity contribution in [3.05, 3.63) is 107 Å². The van der Waals surface area contributed by atoms with Crippen LogP contribution < -0.4 is 20.1 Å². The van der Waals surface area contributed by atoms with E-state index in [1.165, 1.54) is 63.4 Å². The van der Waals surface area contributed by atoms with Gasteiger partial charge in [-0.05, 0) is 114 Å². The Labute approximate surface area is 351 Å². The van der Waals surface area contributed by atoms with Gasteiger partial charge in [-0.15, -0.1) is 0 Å². The zero-order chi connectivity index (χ0) is 42.1. The number of hydrogen-bond acceptors (Lipinski definition) is 5. The Bertz CT molecular complexity index is 1940. The number of unbranched alkanes of at least 4 members (excludes halogenated alkanes) is 10. The van der Waals surface area contributed by atoms with Crippen molar-refractivity contribution in [1.82, 2.24) is 0 Å². The number of carbonyl (C=O) groups excluding carboxylic acids is 1. The predicted octanol–water partition coefficient (Wildman–Crippen LogP) is 14.5. The van der Waals surface area contributed by atoms with Crippen LogP contribution in [0, 0.1) is 0 Å². The van der Waals surface area contributed by atoms with Crippen LogP contribution in [0.1, 0.15) is 183 Å². The summed E-state index contributed by atoms with van der Waals surface area (Å²) in [7, 11) is -4.01. The van der Waals surface area contributed by atoms with E-state index < -0.39 is 10.0 Å². The van der Waals surface area contributed by atoms with E-state index in [2.05, 4.69) is 43.1 Å². The summed E-state index contributed by atoms with van der Waals surface area (Å²) in [6.07, 6.45) is 15.8. The number of hydrogen-bond donors (Lipinski definition) is 3. The van der Waals surface area contributed by atoms with Crippen LogP contribution in [0.2, 0.25) is 0 Å². The Morgan fingerprint density at radius 1 is 0.603 bits per heavy atom. The summed E-state index contributed by atoms with van der Waals surface area (Å²) in [6, 6.07) is 24.9. The fraction of sp³-hybridized carbons (Fsp3) is 0.500. The maximum atomic E-state index is 14.4. The molecule has 0 saturated carbocycles. The van der Waals surface area contributed by atoms with Gasteiger partial charge in [0.15, 0.2) is 0 Å². The molecule has 0 unspecified atom stereocenters. The smallest absolute Gasteiger partial charge is 0.262 e. The average molecular weight is 810 g/mol. The van der Waals surface area contributed by atoms with E-state index in [1.54, 1.807) is 18.2 Å². The van der Waals surface area contributed by atoms with Gasteiger partial charge in [0.05, 0.1) is 28.6 Å². The quantitative estimate of drug-likeness (QED) is 0.0579. The zero-order valence-electron chi connectivity index (χ0n) is 36.7. The predicted molar refractivity (Wildman–Crippen MR) is 246 cm³/mol. The number of benzene rings is 4. The number of amides is 1. The molecule has 0 spiro atoms. The molecule has 4 rings (SSSR count). The molecule has 7 nitrogen and oxygen atoms in total. The van der Waals surface area contributed by atoms with Crippen molar-refractivity contribution in [3.63, 3.8) is 0 Å². The lowest BCUT2D eigenvalue weighted by Crippen LogP contribution is -2.19. The highest BCUT2D eigenvalue weighted by molar-refractivity contribution is 7.92. The van der Waals surface area contributed by atoms with Crippen LogP contribution in [0.4, 0.5) is 22.7 Å². The summed E-state index contributed by atoms with van der Waals surface area (Å²) in [4.78, 5) is 14.1. The van der Waals surface area contributed by atoms with E-state index >= 15 is 0 Å². The van der Waals surface area contributed by atoms with Gasteiger partial charge in [-0.1, -0.05) is 144 Å². The Hall–Kier alpha value is -4.30. The van der Waals surface area contributed by atoms with E-state index in [4.69, 9.17) is 4.74 Å². The van der Waals surface area contributed by atoms with Gasteiger partial charge < -0.3 is 15.4 Å². The minimum Gasteiger partial charge on any atom is -0.494 e. The zero-order valence-corrected chi connectivity index (χ0v) is 37.5. The van der Waals surface area contributed by atoms with Crippen molar-refractivity contribution in [1.29, 1.82) is 0 Å². The molecule has 0 bridgehead atoms. The third kappa shape index (κ3) is 14.2. The maximum Gasteiger partial charge on any atom is 0.262 e. The number of ether oxygens (including phenoxy) is 1. The maximum absolute atomic E-state index is 14.4. The lowest BCUT2D eigenvalue weighted by molar-refractivity contribution is 0.102. The molecule has 0 aliphatic heterocycles. The summed E-state index contributed by atoms with van der Waals surface area (Å²) in [6.45, 7) is 17.5. The number of rotatable bonds is 25. The van der Waals surface area contributed by atoms with E-state index in [9.17, 15) is 13.2 Å². The van der Waals surface area contributed by atoms with Crippen LogP contribution in [0.5, 0.6) is 5.75 Å². The van der Waals surface area contributed by atoms with Crippen LogP contribution in [0.25, 0.3) is 0 Å². The summed E-state index contributed by atoms with van der Waals surface area (Å²) < 4.78 is 37.6. The molecule has 0 saturated heterocycles. The molecule has 1 amide bonds. The number of carbonyl (C=O) groups is 1.